The summed E-state index contributed by atoms with van der Waals surface area (Å²) in [5.41, 5.74) is 1.19. The molecule has 0 saturated heterocycles. The van der Waals surface area contributed by atoms with Crippen molar-refractivity contribution in [3.05, 3.63) is 29.8 Å². The molecule has 0 aromatic heterocycles. The smallest absolute Gasteiger partial charge is 0.319 e. The summed E-state index contributed by atoms with van der Waals surface area (Å²) in [4.78, 5) is 24.1. The first-order chi connectivity index (χ1) is 12.7. The third-order valence-electron chi connectivity index (χ3n) is 4.99. The quantitative estimate of drug-likeness (QED) is 0.447. The van der Waals surface area contributed by atoms with Gasteiger partial charge in [-0.3, -0.25) is 4.79 Å². The summed E-state index contributed by atoms with van der Waals surface area (Å²) in [5.74, 6) is -0.112. The molecule has 3 amide bonds. The molecule has 0 bridgehead atoms. The summed E-state index contributed by atoms with van der Waals surface area (Å²) in [5, 5.41) is 12.1. The van der Waals surface area contributed by atoms with Crippen molar-refractivity contribution in [3.63, 3.8) is 0 Å². The van der Waals surface area contributed by atoms with Crippen LogP contribution in [0.3, 0.4) is 0 Å². The maximum Gasteiger partial charge on any atom is 0.319 e. The number of hydrogen-bond donors (Lipinski definition) is 4. The predicted octanol–water partition coefficient (Wildman–Crippen LogP) is 3.01. The van der Waals surface area contributed by atoms with Gasteiger partial charge in [0.15, 0.2) is 0 Å². The van der Waals surface area contributed by atoms with Gasteiger partial charge in [0.2, 0.25) is 0 Å². The summed E-state index contributed by atoms with van der Waals surface area (Å²) in [6, 6.07) is 7.73. The van der Waals surface area contributed by atoms with Gasteiger partial charge in [-0.25, -0.2) is 4.79 Å². The monoisotopic (exact) mass is 358 g/mol. The summed E-state index contributed by atoms with van der Waals surface area (Å²) in [6.07, 6.45) is 9.87. The van der Waals surface area contributed by atoms with Crippen LogP contribution in [0.2, 0.25) is 0 Å². The van der Waals surface area contributed by atoms with E-state index in [0.717, 1.165) is 19.4 Å². The van der Waals surface area contributed by atoms with E-state index in [0.29, 0.717) is 29.9 Å². The molecule has 0 heterocycles. The third-order valence-corrected chi connectivity index (χ3v) is 4.99. The fraction of sp³-hybridized carbons (Fsp3) is 0.600. The van der Waals surface area contributed by atoms with Crippen molar-refractivity contribution < 1.29 is 9.59 Å². The molecular formula is C20H30N4O2. The van der Waals surface area contributed by atoms with Crippen LogP contribution in [0.25, 0.3) is 0 Å². The number of anilines is 1. The van der Waals surface area contributed by atoms with E-state index in [1.807, 2.05) is 0 Å². The number of nitrogens with one attached hydrogen (secondary N) is 4. The van der Waals surface area contributed by atoms with Crippen molar-refractivity contribution >= 4 is 17.6 Å². The van der Waals surface area contributed by atoms with E-state index in [1.54, 1.807) is 24.3 Å². The average Bonchev–Trinajstić information content (AvgIpc) is 3.46. The summed E-state index contributed by atoms with van der Waals surface area (Å²) < 4.78 is 0. The van der Waals surface area contributed by atoms with Gasteiger partial charge >= 0.3 is 6.03 Å². The number of benzene rings is 1. The highest BCUT2D eigenvalue weighted by molar-refractivity contribution is 5.96. The van der Waals surface area contributed by atoms with Crippen LogP contribution >= 0.6 is 0 Å². The molecule has 26 heavy (non-hydrogen) atoms. The number of carbonyl (C=O) groups is 2. The van der Waals surface area contributed by atoms with Crippen LogP contribution in [-0.2, 0) is 0 Å². The molecular weight excluding hydrogens is 328 g/mol. The summed E-state index contributed by atoms with van der Waals surface area (Å²) >= 11 is 0. The number of rotatable bonds is 7. The predicted molar refractivity (Wildman–Crippen MR) is 103 cm³/mol. The SMILES string of the molecule is O=C(Nc1cccc(C(=O)NCCNC2CCCCCC2)c1)NC1CC1. The fourth-order valence-corrected chi connectivity index (χ4v) is 3.36. The van der Waals surface area contributed by atoms with Gasteiger partial charge in [0.25, 0.3) is 5.91 Å². The minimum atomic E-state index is -0.211. The van der Waals surface area contributed by atoms with Crippen LogP contribution in [0.5, 0.6) is 0 Å². The van der Waals surface area contributed by atoms with Gasteiger partial charge < -0.3 is 21.3 Å². The number of amides is 3. The second-order valence-electron chi connectivity index (χ2n) is 7.35. The fourth-order valence-electron chi connectivity index (χ4n) is 3.36. The summed E-state index contributed by atoms with van der Waals surface area (Å²) in [6.45, 7) is 1.40. The van der Waals surface area contributed by atoms with Gasteiger partial charge in [0.1, 0.15) is 0 Å². The van der Waals surface area contributed by atoms with Gasteiger partial charge in [-0.1, -0.05) is 31.7 Å². The lowest BCUT2D eigenvalue weighted by Gasteiger charge is -2.16. The van der Waals surface area contributed by atoms with Crippen molar-refractivity contribution in [3.8, 4) is 0 Å². The molecule has 6 heteroatoms. The lowest BCUT2D eigenvalue weighted by atomic mass is 10.1. The molecule has 1 aromatic carbocycles. The van der Waals surface area contributed by atoms with E-state index < -0.39 is 0 Å². The minimum absolute atomic E-state index is 0.112. The normalized spacial score (nSPS) is 18.0. The van der Waals surface area contributed by atoms with Crippen molar-refractivity contribution in [1.82, 2.24) is 16.0 Å². The summed E-state index contributed by atoms with van der Waals surface area (Å²) in [7, 11) is 0. The Bertz CT molecular complexity index is 608. The third kappa shape index (κ3) is 6.33. The van der Waals surface area contributed by atoms with Crippen molar-refractivity contribution in [2.24, 2.45) is 0 Å². The Hall–Kier alpha value is -2.08. The van der Waals surface area contributed by atoms with Crippen LogP contribution in [0, 0.1) is 0 Å². The number of carbonyl (C=O) groups excluding carboxylic acids is 2. The Kier molecular flexibility index (Phi) is 6.89. The van der Waals surface area contributed by atoms with Crippen molar-refractivity contribution in [2.45, 2.75) is 63.5 Å². The lowest BCUT2D eigenvalue weighted by molar-refractivity contribution is 0.0953. The van der Waals surface area contributed by atoms with E-state index in [4.69, 9.17) is 0 Å². The van der Waals surface area contributed by atoms with Crippen LogP contribution in [0.4, 0.5) is 10.5 Å². The zero-order valence-corrected chi connectivity index (χ0v) is 15.4. The van der Waals surface area contributed by atoms with E-state index >= 15 is 0 Å². The molecule has 3 rings (SSSR count). The van der Waals surface area contributed by atoms with Crippen molar-refractivity contribution in [2.75, 3.05) is 18.4 Å². The Morgan fingerprint density at radius 1 is 0.923 bits per heavy atom. The zero-order valence-electron chi connectivity index (χ0n) is 15.4. The molecule has 0 radical (unpaired) electrons. The average molecular weight is 358 g/mol. The Balaban J connectivity index is 1.39. The molecule has 2 fully saturated rings. The molecule has 2 aliphatic rings. The highest BCUT2D eigenvalue weighted by atomic mass is 16.2. The van der Waals surface area contributed by atoms with Crippen LogP contribution in [0.1, 0.15) is 61.7 Å². The van der Waals surface area contributed by atoms with E-state index in [9.17, 15) is 9.59 Å². The molecule has 0 unspecified atom stereocenters. The van der Waals surface area contributed by atoms with Crippen LogP contribution < -0.4 is 21.3 Å². The molecule has 142 valence electrons. The molecule has 0 spiro atoms. The highest BCUT2D eigenvalue weighted by Gasteiger charge is 2.23. The lowest BCUT2D eigenvalue weighted by Crippen LogP contribution is -2.36. The van der Waals surface area contributed by atoms with E-state index in [-0.39, 0.29) is 11.9 Å². The molecule has 0 atom stereocenters. The molecule has 1 aromatic rings. The second-order valence-corrected chi connectivity index (χ2v) is 7.35. The Morgan fingerprint density at radius 3 is 2.42 bits per heavy atom. The van der Waals surface area contributed by atoms with Gasteiger partial charge in [0, 0.05) is 36.4 Å². The first-order valence-corrected chi connectivity index (χ1v) is 9.90. The highest BCUT2D eigenvalue weighted by Crippen LogP contribution is 2.19. The number of hydrogen-bond acceptors (Lipinski definition) is 3. The molecule has 2 saturated carbocycles. The van der Waals surface area contributed by atoms with Gasteiger partial charge in [0.05, 0.1) is 0 Å². The van der Waals surface area contributed by atoms with Gasteiger partial charge in [-0.2, -0.15) is 0 Å². The number of urea groups is 1. The Labute approximate surface area is 155 Å². The topological polar surface area (TPSA) is 82.3 Å². The van der Waals surface area contributed by atoms with Crippen LogP contribution in [-0.4, -0.2) is 37.1 Å². The van der Waals surface area contributed by atoms with Crippen LogP contribution in [0.15, 0.2) is 24.3 Å². The molecule has 0 aliphatic heterocycles. The minimum Gasteiger partial charge on any atom is -0.351 e. The Morgan fingerprint density at radius 2 is 1.69 bits per heavy atom. The van der Waals surface area contributed by atoms with Gasteiger partial charge in [-0.15, -0.1) is 0 Å². The van der Waals surface area contributed by atoms with E-state index in [1.165, 1.54) is 38.5 Å². The second kappa shape index (κ2) is 9.57. The van der Waals surface area contributed by atoms with E-state index in [2.05, 4.69) is 21.3 Å². The maximum absolute atomic E-state index is 12.3. The first-order valence-electron chi connectivity index (χ1n) is 9.90. The maximum atomic E-state index is 12.3. The van der Waals surface area contributed by atoms with Gasteiger partial charge in [-0.05, 0) is 43.9 Å². The van der Waals surface area contributed by atoms with Crippen molar-refractivity contribution in [1.29, 1.82) is 0 Å². The molecule has 6 nitrogen and oxygen atoms in total. The first kappa shape index (κ1) is 18.7. The molecule has 2 aliphatic carbocycles. The zero-order chi connectivity index (χ0) is 18.2. The molecule has 4 N–H and O–H groups in total. The standard InChI is InChI=1S/C20H30N4O2/c25-19(22-13-12-21-16-7-3-1-2-4-8-16)15-6-5-9-18(14-15)24-20(26)23-17-10-11-17/h5-6,9,14,16-17,21H,1-4,7-8,10-13H2,(H,22,25)(H2,23,24,26). The largest absolute Gasteiger partial charge is 0.351 e.